The maximum absolute atomic E-state index is 9.48. The summed E-state index contributed by atoms with van der Waals surface area (Å²) >= 11 is 6.01. The third-order valence-corrected chi connectivity index (χ3v) is 3.23. The molecule has 1 saturated heterocycles. The SMILES string of the molecule is OCC1CCN(c2cccc(O)c2Cl)C1. The zero-order valence-electron chi connectivity index (χ0n) is 8.36. The van der Waals surface area contributed by atoms with Crippen LogP contribution in [0.15, 0.2) is 18.2 Å². The van der Waals surface area contributed by atoms with Gasteiger partial charge in [-0.15, -0.1) is 0 Å². The number of nitrogens with zero attached hydrogens (tertiary/aromatic N) is 1. The van der Waals surface area contributed by atoms with Crippen molar-refractivity contribution in [2.45, 2.75) is 6.42 Å². The van der Waals surface area contributed by atoms with E-state index in [0.29, 0.717) is 10.9 Å². The summed E-state index contributed by atoms with van der Waals surface area (Å²) in [5, 5.41) is 18.9. The van der Waals surface area contributed by atoms with Gasteiger partial charge in [0, 0.05) is 25.6 Å². The Hall–Kier alpha value is -0.930. The average molecular weight is 228 g/mol. The van der Waals surface area contributed by atoms with Crippen LogP contribution in [0.5, 0.6) is 5.75 Å². The fraction of sp³-hybridized carbons (Fsp3) is 0.455. The lowest BCUT2D eigenvalue weighted by Gasteiger charge is -2.20. The molecular weight excluding hydrogens is 214 g/mol. The second-order valence-electron chi connectivity index (χ2n) is 3.89. The third-order valence-electron chi connectivity index (χ3n) is 2.84. The molecule has 0 aliphatic carbocycles. The van der Waals surface area contributed by atoms with Gasteiger partial charge in [-0.05, 0) is 18.6 Å². The number of aromatic hydroxyl groups is 1. The van der Waals surface area contributed by atoms with Gasteiger partial charge in [0.2, 0.25) is 0 Å². The van der Waals surface area contributed by atoms with E-state index in [1.165, 1.54) is 0 Å². The van der Waals surface area contributed by atoms with Crippen LogP contribution in [-0.4, -0.2) is 29.9 Å². The molecule has 0 bridgehead atoms. The highest BCUT2D eigenvalue weighted by Crippen LogP contribution is 2.35. The van der Waals surface area contributed by atoms with E-state index in [1.54, 1.807) is 12.1 Å². The Morgan fingerprint density at radius 1 is 1.47 bits per heavy atom. The zero-order valence-corrected chi connectivity index (χ0v) is 9.11. The number of anilines is 1. The van der Waals surface area contributed by atoms with E-state index < -0.39 is 0 Å². The van der Waals surface area contributed by atoms with Crippen molar-refractivity contribution in [1.82, 2.24) is 0 Å². The Labute approximate surface area is 93.9 Å². The maximum atomic E-state index is 9.48. The van der Waals surface area contributed by atoms with Gasteiger partial charge < -0.3 is 15.1 Å². The number of aliphatic hydroxyl groups excluding tert-OH is 1. The van der Waals surface area contributed by atoms with Crippen LogP contribution in [0.1, 0.15) is 6.42 Å². The molecule has 1 aliphatic rings. The van der Waals surface area contributed by atoms with Crippen molar-refractivity contribution in [3.05, 3.63) is 23.2 Å². The van der Waals surface area contributed by atoms with Crippen LogP contribution in [0.3, 0.4) is 0 Å². The van der Waals surface area contributed by atoms with Crippen molar-refractivity contribution in [2.75, 3.05) is 24.6 Å². The predicted octanol–water partition coefficient (Wildman–Crippen LogP) is 1.86. The number of halogens is 1. The molecule has 1 aliphatic heterocycles. The van der Waals surface area contributed by atoms with Crippen LogP contribution in [0.4, 0.5) is 5.69 Å². The monoisotopic (exact) mass is 227 g/mol. The Morgan fingerprint density at radius 3 is 2.93 bits per heavy atom. The number of phenolic OH excluding ortho intramolecular Hbond substituents is 1. The van der Waals surface area contributed by atoms with Gasteiger partial charge in [0.15, 0.2) is 0 Å². The van der Waals surface area contributed by atoms with Crippen molar-refractivity contribution >= 4 is 17.3 Å². The quantitative estimate of drug-likeness (QED) is 0.811. The molecule has 1 atom stereocenters. The predicted molar refractivity (Wildman–Crippen MR) is 60.5 cm³/mol. The van der Waals surface area contributed by atoms with E-state index in [-0.39, 0.29) is 12.4 Å². The molecule has 0 spiro atoms. The Morgan fingerprint density at radius 2 is 2.27 bits per heavy atom. The van der Waals surface area contributed by atoms with Gasteiger partial charge >= 0.3 is 0 Å². The second kappa shape index (κ2) is 4.29. The molecule has 1 unspecified atom stereocenters. The molecule has 0 saturated carbocycles. The first-order valence-corrected chi connectivity index (χ1v) is 5.43. The molecule has 1 heterocycles. The van der Waals surface area contributed by atoms with Crippen LogP contribution in [0.25, 0.3) is 0 Å². The van der Waals surface area contributed by atoms with Crippen molar-refractivity contribution in [2.24, 2.45) is 5.92 Å². The fourth-order valence-corrected chi connectivity index (χ4v) is 2.20. The standard InChI is InChI=1S/C11H14ClNO2/c12-11-9(2-1-3-10(11)15)13-5-4-8(6-13)7-14/h1-3,8,14-15H,4-7H2. The molecule has 4 heteroatoms. The number of phenols is 1. The summed E-state index contributed by atoms with van der Waals surface area (Å²) in [5.41, 5.74) is 0.854. The van der Waals surface area contributed by atoms with Gasteiger partial charge in [-0.2, -0.15) is 0 Å². The summed E-state index contributed by atoms with van der Waals surface area (Å²) < 4.78 is 0. The average Bonchev–Trinajstić information content (AvgIpc) is 2.70. The number of hydrogen-bond donors (Lipinski definition) is 2. The minimum Gasteiger partial charge on any atom is -0.506 e. The summed E-state index contributed by atoms with van der Waals surface area (Å²) in [5.74, 6) is 0.435. The minimum atomic E-state index is 0.113. The molecule has 1 fully saturated rings. The number of rotatable bonds is 2. The zero-order chi connectivity index (χ0) is 10.8. The van der Waals surface area contributed by atoms with Crippen LogP contribution < -0.4 is 4.90 Å². The number of hydrogen-bond acceptors (Lipinski definition) is 3. The van der Waals surface area contributed by atoms with E-state index in [2.05, 4.69) is 4.90 Å². The first-order valence-electron chi connectivity index (χ1n) is 5.05. The highest BCUT2D eigenvalue weighted by molar-refractivity contribution is 6.34. The summed E-state index contributed by atoms with van der Waals surface area (Å²) in [7, 11) is 0. The normalized spacial score (nSPS) is 20.9. The van der Waals surface area contributed by atoms with Crippen molar-refractivity contribution in [1.29, 1.82) is 0 Å². The molecule has 82 valence electrons. The summed E-state index contributed by atoms with van der Waals surface area (Å²) in [6.45, 7) is 1.90. The summed E-state index contributed by atoms with van der Waals surface area (Å²) in [4.78, 5) is 2.10. The topological polar surface area (TPSA) is 43.7 Å². The molecule has 1 aromatic carbocycles. The highest BCUT2D eigenvalue weighted by Gasteiger charge is 2.23. The van der Waals surface area contributed by atoms with E-state index in [0.717, 1.165) is 25.2 Å². The van der Waals surface area contributed by atoms with Crippen molar-refractivity contribution in [3.63, 3.8) is 0 Å². The van der Waals surface area contributed by atoms with Gasteiger partial charge in [0.25, 0.3) is 0 Å². The van der Waals surface area contributed by atoms with Gasteiger partial charge in [-0.1, -0.05) is 17.7 Å². The largest absolute Gasteiger partial charge is 0.506 e. The van der Waals surface area contributed by atoms with Crippen molar-refractivity contribution in [3.8, 4) is 5.75 Å². The molecule has 2 rings (SSSR count). The maximum Gasteiger partial charge on any atom is 0.136 e. The number of benzene rings is 1. The molecule has 15 heavy (non-hydrogen) atoms. The summed E-state index contributed by atoms with van der Waals surface area (Å²) in [6.07, 6.45) is 0.975. The molecule has 1 aromatic rings. The fourth-order valence-electron chi connectivity index (χ4n) is 1.95. The van der Waals surface area contributed by atoms with Crippen LogP contribution in [-0.2, 0) is 0 Å². The summed E-state index contributed by atoms with van der Waals surface area (Å²) in [6, 6.07) is 5.25. The Bertz CT molecular complexity index is 356. The highest BCUT2D eigenvalue weighted by atomic mass is 35.5. The lowest BCUT2D eigenvalue weighted by Crippen LogP contribution is -2.20. The molecule has 0 aromatic heterocycles. The van der Waals surface area contributed by atoms with Gasteiger partial charge in [0.1, 0.15) is 10.8 Å². The first kappa shape index (κ1) is 10.6. The van der Waals surface area contributed by atoms with Crippen molar-refractivity contribution < 1.29 is 10.2 Å². The Balaban J connectivity index is 2.20. The number of aliphatic hydroxyl groups is 1. The van der Waals surface area contributed by atoms with Crippen LogP contribution >= 0.6 is 11.6 Å². The molecule has 0 amide bonds. The third kappa shape index (κ3) is 2.03. The first-order chi connectivity index (χ1) is 7.22. The molecule has 3 nitrogen and oxygen atoms in total. The molecule has 2 N–H and O–H groups in total. The Kier molecular flexibility index (Phi) is 3.03. The van der Waals surface area contributed by atoms with Gasteiger partial charge in [-0.3, -0.25) is 0 Å². The molecular formula is C11H14ClNO2. The van der Waals surface area contributed by atoms with E-state index in [1.807, 2.05) is 6.07 Å². The van der Waals surface area contributed by atoms with E-state index in [4.69, 9.17) is 16.7 Å². The smallest absolute Gasteiger partial charge is 0.136 e. The van der Waals surface area contributed by atoms with Crippen LogP contribution in [0.2, 0.25) is 5.02 Å². The lowest BCUT2D eigenvalue weighted by molar-refractivity contribution is 0.238. The minimum absolute atomic E-state index is 0.113. The second-order valence-corrected chi connectivity index (χ2v) is 4.27. The van der Waals surface area contributed by atoms with Gasteiger partial charge in [0.05, 0.1) is 5.69 Å². The van der Waals surface area contributed by atoms with E-state index >= 15 is 0 Å². The van der Waals surface area contributed by atoms with Crippen LogP contribution in [0, 0.1) is 5.92 Å². The lowest BCUT2D eigenvalue weighted by atomic mass is 10.1. The molecule has 0 radical (unpaired) electrons. The van der Waals surface area contributed by atoms with E-state index in [9.17, 15) is 5.11 Å². The van der Waals surface area contributed by atoms with Gasteiger partial charge in [-0.25, -0.2) is 0 Å².